The summed E-state index contributed by atoms with van der Waals surface area (Å²) in [6.07, 6.45) is 0. The number of hydrogen-bond acceptors (Lipinski definition) is 4. The van der Waals surface area contributed by atoms with Crippen LogP contribution in [0, 0.1) is 0 Å². The highest BCUT2D eigenvalue weighted by Gasteiger charge is 2.21. The van der Waals surface area contributed by atoms with Crippen LogP contribution in [0.2, 0.25) is 0 Å². The standard InChI is InChI=1S/C15H21N3OS/c1-17(2)9-8-16-15(19)14-11-20-12-18(14)10-13-6-4-3-5-7-13/h3-7,11H,8-10,12H2,1-2H3,(H,16,19). The maximum absolute atomic E-state index is 12.2. The molecular weight excluding hydrogens is 270 g/mol. The molecule has 0 aromatic heterocycles. The molecule has 0 aliphatic carbocycles. The molecule has 4 nitrogen and oxygen atoms in total. The van der Waals surface area contributed by atoms with Crippen LogP contribution in [0.5, 0.6) is 0 Å². The summed E-state index contributed by atoms with van der Waals surface area (Å²) in [4.78, 5) is 16.3. The molecule has 1 amide bonds. The lowest BCUT2D eigenvalue weighted by Crippen LogP contribution is -2.36. The van der Waals surface area contributed by atoms with E-state index < -0.39 is 0 Å². The predicted octanol–water partition coefficient (Wildman–Crippen LogP) is 1.71. The third-order valence-electron chi connectivity index (χ3n) is 3.06. The summed E-state index contributed by atoms with van der Waals surface area (Å²) < 4.78 is 0. The fraction of sp³-hybridized carbons (Fsp3) is 0.400. The highest BCUT2D eigenvalue weighted by Crippen LogP contribution is 2.25. The zero-order chi connectivity index (χ0) is 14.4. The molecule has 1 aliphatic heterocycles. The molecule has 108 valence electrons. The molecule has 1 aliphatic rings. The van der Waals surface area contributed by atoms with Gasteiger partial charge in [0.25, 0.3) is 5.91 Å². The predicted molar refractivity (Wildman–Crippen MR) is 84.1 cm³/mol. The minimum absolute atomic E-state index is 0.0211. The van der Waals surface area contributed by atoms with Gasteiger partial charge in [-0.15, -0.1) is 11.8 Å². The largest absolute Gasteiger partial charge is 0.353 e. The number of amides is 1. The van der Waals surface area contributed by atoms with E-state index >= 15 is 0 Å². The van der Waals surface area contributed by atoms with Crippen molar-refractivity contribution in [3.63, 3.8) is 0 Å². The highest BCUT2D eigenvalue weighted by atomic mass is 32.2. The number of hydrogen-bond donors (Lipinski definition) is 1. The average molecular weight is 291 g/mol. The lowest BCUT2D eigenvalue weighted by molar-refractivity contribution is -0.118. The van der Waals surface area contributed by atoms with E-state index in [9.17, 15) is 4.79 Å². The van der Waals surface area contributed by atoms with Gasteiger partial charge < -0.3 is 15.1 Å². The second-order valence-corrected chi connectivity index (χ2v) is 5.87. The van der Waals surface area contributed by atoms with Crippen LogP contribution in [0.15, 0.2) is 41.4 Å². The molecule has 0 atom stereocenters. The van der Waals surface area contributed by atoms with Crippen LogP contribution in [0.1, 0.15) is 5.56 Å². The molecule has 1 heterocycles. The number of benzene rings is 1. The normalized spacial score (nSPS) is 14.6. The van der Waals surface area contributed by atoms with Crippen LogP contribution < -0.4 is 5.32 Å². The van der Waals surface area contributed by atoms with E-state index in [0.717, 1.165) is 24.7 Å². The molecule has 0 saturated carbocycles. The smallest absolute Gasteiger partial charge is 0.268 e. The number of carbonyl (C=O) groups is 1. The van der Waals surface area contributed by atoms with Gasteiger partial charge in [-0.1, -0.05) is 30.3 Å². The van der Waals surface area contributed by atoms with Crippen molar-refractivity contribution in [2.24, 2.45) is 0 Å². The summed E-state index contributed by atoms with van der Waals surface area (Å²) in [5.74, 6) is 0.860. The second kappa shape index (κ2) is 7.36. The average Bonchev–Trinajstić information content (AvgIpc) is 2.87. The molecule has 0 unspecified atom stereocenters. The first-order valence-corrected chi connectivity index (χ1v) is 7.75. The summed E-state index contributed by atoms with van der Waals surface area (Å²) >= 11 is 1.67. The van der Waals surface area contributed by atoms with Crippen LogP contribution in [-0.4, -0.2) is 48.8 Å². The Labute approximate surface area is 124 Å². The Morgan fingerprint density at radius 2 is 2.10 bits per heavy atom. The lowest BCUT2D eigenvalue weighted by atomic mass is 10.2. The van der Waals surface area contributed by atoms with Crippen LogP contribution in [-0.2, 0) is 11.3 Å². The van der Waals surface area contributed by atoms with Crippen molar-refractivity contribution in [2.75, 3.05) is 33.1 Å². The van der Waals surface area contributed by atoms with Gasteiger partial charge in [0.2, 0.25) is 0 Å². The molecule has 0 bridgehead atoms. The Kier molecular flexibility index (Phi) is 5.49. The summed E-state index contributed by atoms with van der Waals surface area (Å²) in [6, 6.07) is 10.2. The molecule has 5 heteroatoms. The molecule has 0 spiro atoms. The maximum atomic E-state index is 12.2. The maximum Gasteiger partial charge on any atom is 0.268 e. The van der Waals surface area contributed by atoms with Crippen LogP contribution in [0.3, 0.4) is 0 Å². The quantitative estimate of drug-likeness (QED) is 0.865. The van der Waals surface area contributed by atoms with Crippen molar-refractivity contribution in [3.05, 3.63) is 47.0 Å². The van der Waals surface area contributed by atoms with E-state index in [1.807, 2.05) is 37.7 Å². The van der Waals surface area contributed by atoms with Gasteiger partial charge in [-0.3, -0.25) is 4.79 Å². The Hall–Kier alpha value is -1.46. The lowest BCUT2D eigenvalue weighted by Gasteiger charge is -2.21. The number of thioether (sulfide) groups is 1. The number of nitrogens with zero attached hydrogens (tertiary/aromatic N) is 2. The molecule has 0 radical (unpaired) electrons. The molecule has 1 aromatic rings. The topological polar surface area (TPSA) is 35.6 Å². The van der Waals surface area contributed by atoms with Gasteiger partial charge in [0.1, 0.15) is 5.70 Å². The van der Waals surface area contributed by atoms with Gasteiger partial charge in [-0.2, -0.15) is 0 Å². The van der Waals surface area contributed by atoms with Gasteiger partial charge >= 0.3 is 0 Å². The summed E-state index contributed by atoms with van der Waals surface area (Å²) in [5, 5.41) is 4.92. The van der Waals surface area contributed by atoms with Crippen LogP contribution in [0.4, 0.5) is 0 Å². The molecular formula is C15H21N3OS. The first kappa shape index (κ1) is 14.9. The Morgan fingerprint density at radius 1 is 1.35 bits per heavy atom. The second-order valence-electron chi connectivity index (χ2n) is 5.04. The minimum atomic E-state index is 0.0211. The molecule has 0 saturated heterocycles. The summed E-state index contributed by atoms with van der Waals surface area (Å²) in [5.41, 5.74) is 2.00. The van der Waals surface area contributed by atoms with E-state index in [4.69, 9.17) is 0 Å². The molecule has 2 rings (SSSR count). The number of nitrogens with one attached hydrogen (secondary N) is 1. The zero-order valence-electron chi connectivity index (χ0n) is 12.0. The van der Waals surface area contributed by atoms with E-state index in [0.29, 0.717) is 6.54 Å². The van der Waals surface area contributed by atoms with E-state index in [1.165, 1.54) is 5.56 Å². The SMILES string of the molecule is CN(C)CCNC(=O)C1=CSCN1Cc1ccccc1. The first-order chi connectivity index (χ1) is 9.66. The third kappa shape index (κ3) is 4.28. The zero-order valence-corrected chi connectivity index (χ0v) is 12.8. The van der Waals surface area contributed by atoms with Crippen molar-refractivity contribution in [3.8, 4) is 0 Å². The van der Waals surface area contributed by atoms with E-state index in [-0.39, 0.29) is 5.91 Å². The van der Waals surface area contributed by atoms with Gasteiger partial charge in [0, 0.05) is 25.0 Å². The summed E-state index contributed by atoms with van der Waals surface area (Å²) in [7, 11) is 4.00. The van der Waals surface area contributed by atoms with Crippen molar-refractivity contribution in [1.82, 2.24) is 15.1 Å². The van der Waals surface area contributed by atoms with Crippen molar-refractivity contribution < 1.29 is 4.79 Å². The van der Waals surface area contributed by atoms with Crippen LogP contribution >= 0.6 is 11.8 Å². The third-order valence-corrected chi connectivity index (χ3v) is 3.91. The van der Waals surface area contributed by atoms with Gasteiger partial charge in [-0.05, 0) is 19.7 Å². The fourth-order valence-electron chi connectivity index (χ4n) is 1.97. The van der Waals surface area contributed by atoms with Crippen molar-refractivity contribution >= 4 is 17.7 Å². The Morgan fingerprint density at radius 3 is 2.80 bits per heavy atom. The fourth-order valence-corrected chi connectivity index (χ4v) is 2.86. The van der Waals surface area contributed by atoms with Gasteiger partial charge in [0.15, 0.2) is 0 Å². The number of likely N-dealkylation sites (N-methyl/N-ethyl adjacent to an activating group) is 1. The van der Waals surface area contributed by atoms with Crippen molar-refractivity contribution in [1.29, 1.82) is 0 Å². The first-order valence-electron chi connectivity index (χ1n) is 6.70. The van der Waals surface area contributed by atoms with Gasteiger partial charge in [0.05, 0.1) is 5.88 Å². The van der Waals surface area contributed by atoms with Gasteiger partial charge in [-0.25, -0.2) is 0 Å². The Balaban J connectivity index is 1.88. The Bertz CT molecular complexity index is 473. The van der Waals surface area contributed by atoms with Crippen LogP contribution in [0.25, 0.3) is 0 Å². The van der Waals surface area contributed by atoms with Crippen molar-refractivity contribution in [2.45, 2.75) is 6.54 Å². The number of rotatable bonds is 6. The highest BCUT2D eigenvalue weighted by molar-refractivity contribution is 8.02. The minimum Gasteiger partial charge on any atom is -0.353 e. The molecule has 1 N–H and O–H groups in total. The molecule has 20 heavy (non-hydrogen) atoms. The molecule has 0 fully saturated rings. The monoisotopic (exact) mass is 291 g/mol. The van der Waals surface area contributed by atoms with E-state index in [1.54, 1.807) is 11.8 Å². The molecule has 1 aromatic carbocycles. The van der Waals surface area contributed by atoms with E-state index in [2.05, 4.69) is 27.2 Å². The summed E-state index contributed by atoms with van der Waals surface area (Å²) in [6.45, 7) is 2.30. The number of carbonyl (C=O) groups excluding carboxylic acids is 1.